The van der Waals surface area contributed by atoms with Crippen LogP contribution in [0, 0.1) is 5.92 Å². The standard InChI is InChI=1S/C17H19N3O3/c1-23-11-14-9-20(10-15(14)12-2-5-18-6-3-12)17(22)13-4-7-19-16(21)8-13/h2-8,14-15H,9-11H2,1H3,(H,19,21)/t14-,15-/m0/s1. The Kier molecular flexibility index (Phi) is 4.52. The summed E-state index contributed by atoms with van der Waals surface area (Å²) in [5, 5.41) is 0. The summed E-state index contributed by atoms with van der Waals surface area (Å²) in [5.41, 5.74) is 1.30. The number of rotatable bonds is 4. The molecule has 1 aliphatic rings. The lowest BCUT2D eigenvalue weighted by Gasteiger charge is -2.17. The topological polar surface area (TPSA) is 75.3 Å². The van der Waals surface area contributed by atoms with Crippen LogP contribution in [0.15, 0.2) is 47.7 Å². The number of hydrogen-bond donors (Lipinski definition) is 1. The van der Waals surface area contributed by atoms with E-state index in [1.807, 2.05) is 12.1 Å². The summed E-state index contributed by atoms with van der Waals surface area (Å²) in [4.78, 5) is 32.4. The molecule has 2 atom stereocenters. The van der Waals surface area contributed by atoms with Gasteiger partial charge in [0, 0.05) is 62.3 Å². The molecule has 1 aliphatic heterocycles. The van der Waals surface area contributed by atoms with E-state index in [-0.39, 0.29) is 23.3 Å². The zero-order valence-corrected chi connectivity index (χ0v) is 12.9. The van der Waals surface area contributed by atoms with Gasteiger partial charge in [-0.25, -0.2) is 0 Å². The molecule has 0 bridgehead atoms. The van der Waals surface area contributed by atoms with E-state index < -0.39 is 0 Å². The Morgan fingerprint density at radius 2 is 2.13 bits per heavy atom. The summed E-state index contributed by atoms with van der Waals surface area (Å²) in [6.07, 6.45) is 5.03. The summed E-state index contributed by atoms with van der Waals surface area (Å²) < 4.78 is 5.32. The second-order valence-corrected chi connectivity index (χ2v) is 5.75. The minimum atomic E-state index is -0.269. The summed E-state index contributed by atoms with van der Waals surface area (Å²) in [6.45, 7) is 1.82. The number of ether oxygens (including phenoxy) is 1. The van der Waals surface area contributed by atoms with E-state index in [0.29, 0.717) is 25.3 Å². The molecule has 0 aromatic carbocycles. The van der Waals surface area contributed by atoms with Gasteiger partial charge in [-0.3, -0.25) is 14.6 Å². The fraction of sp³-hybridized carbons (Fsp3) is 0.353. The van der Waals surface area contributed by atoms with Gasteiger partial charge in [-0.1, -0.05) is 0 Å². The van der Waals surface area contributed by atoms with E-state index in [4.69, 9.17) is 4.74 Å². The van der Waals surface area contributed by atoms with Crippen molar-refractivity contribution in [2.45, 2.75) is 5.92 Å². The van der Waals surface area contributed by atoms with Gasteiger partial charge in [0.15, 0.2) is 0 Å². The predicted octanol–water partition coefficient (Wildman–Crippen LogP) is 1.27. The quantitative estimate of drug-likeness (QED) is 0.922. The van der Waals surface area contributed by atoms with E-state index >= 15 is 0 Å². The van der Waals surface area contributed by atoms with Gasteiger partial charge in [0.05, 0.1) is 6.61 Å². The van der Waals surface area contributed by atoms with Gasteiger partial charge in [0.1, 0.15) is 0 Å². The van der Waals surface area contributed by atoms with Crippen molar-refractivity contribution < 1.29 is 9.53 Å². The fourth-order valence-corrected chi connectivity index (χ4v) is 3.17. The normalized spacial score (nSPS) is 20.7. The number of hydrogen-bond acceptors (Lipinski definition) is 4. The monoisotopic (exact) mass is 313 g/mol. The molecule has 0 saturated carbocycles. The molecule has 0 unspecified atom stereocenters. The zero-order chi connectivity index (χ0) is 16.2. The molecular formula is C17H19N3O3. The molecule has 2 aromatic heterocycles. The molecule has 23 heavy (non-hydrogen) atoms. The second-order valence-electron chi connectivity index (χ2n) is 5.75. The van der Waals surface area contributed by atoms with Crippen LogP contribution < -0.4 is 5.56 Å². The number of aromatic nitrogens is 2. The first-order chi connectivity index (χ1) is 11.2. The molecule has 2 aromatic rings. The molecule has 3 rings (SSSR count). The van der Waals surface area contributed by atoms with Crippen LogP contribution in [0.1, 0.15) is 21.8 Å². The molecule has 0 aliphatic carbocycles. The number of nitrogens with zero attached hydrogens (tertiary/aromatic N) is 2. The lowest BCUT2D eigenvalue weighted by Crippen LogP contribution is -2.30. The molecule has 6 nitrogen and oxygen atoms in total. The van der Waals surface area contributed by atoms with Crippen LogP contribution in [-0.4, -0.2) is 47.6 Å². The number of aromatic amines is 1. The average Bonchev–Trinajstić information content (AvgIpc) is 2.99. The lowest BCUT2D eigenvalue weighted by molar-refractivity contribution is 0.0775. The van der Waals surface area contributed by atoms with Gasteiger partial charge in [0.2, 0.25) is 5.56 Å². The zero-order valence-electron chi connectivity index (χ0n) is 12.9. The van der Waals surface area contributed by atoms with Crippen molar-refractivity contribution in [2.24, 2.45) is 5.92 Å². The van der Waals surface area contributed by atoms with Crippen molar-refractivity contribution in [3.8, 4) is 0 Å². The van der Waals surface area contributed by atoms with Gasteiger partial charge < -0.3 is 14.6 Å². The smallest absolute Gasteiger partial charge is 0.254 e. The number of methoxy groups -OCH3 is 1. The van der Waals surface area contributed by atoms with Gasteiger partial charge in [-0.05, 0) is 23.8 Å². The highest BCUT2D eigenvalue weighted by Gasteiger charge is 2.36. The van der Waals surface area contributed by atoms with Gasteiger partial charge in [0.25, 0.3) is 5.91 Å². The first kappa shape index (κ1) is 15.4. The Morgan fingerprint density at radius 1 is 1.35 bits per heavy atom. The molecule has 6 heteroatoms. The number of H-pyrrole nitrogens is 1. The van der Waals surface area contributed by atoms with Crippen LogP contribution in [0.2, 0.25) is 0 Å². The number of amides is 1. The van der Waals surface area contributed by atoms with Crippen LogP contribution in [-0.2, 0) is 4.74 Å². The maximum atomic E-state index is 12.6. The largest absolute Gasteiger partial charge is 0.384 e. The first-order valence-electron chi connectivity index (χ1n) is 7.56. The van der Waals surface area contributed by atoms with Crippen LogP contribution in [0.3, 0.4) is 0 Å². The van der Waals surface area contributed by atoms with Crippen LogP contribution in [0.25, 0.3) is 0 Å². The van der Waals surface area contributed by atoms with Crippen molar-refractivity contribution in [1.82, 2.24) is 14.9 Å². The van der Waals surface area contributed by atoms with Gasteiger partial charge in [-0.2, -0.15) is 0 Å². The highest BCUT2D eigenvalue weighted by atomic mass is 16.5. The second kappa shape index (κ2) is 6.75. The van der Waals surface area contributed by atoms with E-state index in [1.54, 1.807) is 30.5 Å². The van der Waals surface area contributed by atoms with Crippen molar-refractivity contribution in [3.63, 3.8) is 0 Å². The molecule has 3 heterocycles. The fourth-order valence-electron chi connectivity index (χ4n) is 3.17. The van der Waals surface area contributed by atoms with Crippen LogP contribution in [0.5, 0.6) is 0 Å². The van der Waals surface area contributed by atoms with Gasteiger partial charge in [-0.15, -0.1) is 0 Å². The highest BCUT2D eigenvalue weighted by Crippen LogP contribution is 2.33. The Balaban J connectivity index is 1.82. The molecule has 0 radical (unpaired) electrons. The summed E-state index contributed by atoms with van der Waals surface area (Å²) >= 11 is 0. The van der Waals surface area contributed by atoms with E-state index in [1.165, 1.54) is 12.3 Å². The Bertz CT molecular complexity index is 729. The SMILES string of the molecule is COC[C@@H]1CN(C(=O)c2cc[nH]c(=O)c2)C[C@H]1c1ccncc1. The maximum absolute atomic E-state index is 12.6. The number of carbonyl (C=O) groups is 1. The number of carbonyl (C=O) groups excluding carboxylic acids is 1. The van der Waals surface area contributed by atoms with Crippen molar-refractivity contribution in [2.75, 3.05) is 26.8 Å². The van der Waals surface area contributed by atoms with E-state index in [9.17, 15) is 9.59 Å². The molecule has 0 spiro atoms. The van der Waals surface area contributed by atoms with E-state index in [2.05, 4.69) is 9.97 Å². The van der Waals surface area contributed by atoms with E-state index in [0.717, 1.165) is 5.56 Å². The van der Waals surface area contributed by atoms with Crippen LogP contribution in [0.4, 0.5) is 0 Å². The minimum Gasteiger partial charge on any atom is -0.384 e. The molecule has 120 valence electrons. The molecular weight excluding hydrogens is 294 g/mol. The van der Waals surface area contributed by atoms with Gasteiger partial charge >= 0.3 is 0 Å². The third-order valence-corrected chi connectivity index (χ3v) is 4.27. The highest BCUT2D eigenvalue weighted by molar-refractivity contribution is 5.94. The third kappa shape index (κ3) is 3.32. The Labute approximate surface area is 134 Å². The minimum absolute atomic E-state index is 0.117. The van der Waals surface area contributed by atoms with Crippen molar-refractivity contribution in [1.29, 1.82) is 0 Å². The first-order valence-corrected chi connectivity index (χ1v) is 7.56. The molecule has 1 N–H and O–H groups in total. The predicted molar refractivity (Wildman–Crippen MR) is 85.3 cm³/mol. The van der Waals surface area contributed by atoms with Crippen LogP contribution >= 0.6 is 0 Å². The number of nitrogens with one attached hydrogen (secondary N) is 1. The molecule has 1 saturated heterocycles. The summed E-state index contributed by atoms with van der Waals surface area (Å²) in [6, 6.07) is 6.94. The maximum Gasteiger partial charge on any atom is 0.254 e. The Morgan fingerprint density at radius 3 is 2.83 bits per heavy atom. The Hall–Kier alpha value is -2.47. The molecule has 1 amide bonds. The molecule has 1 fully saturated rings. The summed E-state index contributed by atoms with van der Waals surface area (Å²) in [5.74, 6) is 0.325. The summed E-state index contributed by atoms with van der Waals surface area (Å²) in [7, 11) is 1.67. The number of pyridine rings is 2. The number of likely N-dealkylation sites (tertiary alicyclic amines) is 1. The lowest BCUT2D eigenvalue weighted by atomic mass is 9.90. The van der Waals surface area contributed by atoms with Crippen molar-refractivity contribution >= 4 is 5.91 Å². The average molecular weight is 313 g/mol. The third-order valence-electron chi connectivity index (χ3n) is 4.27. The van der Waals surface area contributed by atoms with Crippen molar-refractivity contribution in [3.05, 3.63) is 64.3 Å².